The number of halogens is 1. The first kappa shape index (κ1) is 10.3. The number of furan rings is 1. The normalized spacial score (nSPS) is 10.4. The minimum atomic E-state index is -0.720. The second kappa shape index (κ2) is 3.58. The van der Waals surface area contributed by atoms with Crippen molar-refractivity contribution in [3.8, 4) is 12.1 Å². The largest absolute Gasteiger partial charge is 0.453 e. The molecule has 0 atom stereocenters. The van der Waals surface area contributed by atoms with Crippen LogP contribution >= 0.6 is 0 Å². The monoisotopic (exact) mass is 236 g/mol. The highest BCUT2D eigenvalue weighted by atomic mass is 19.1. The Bertz CT molecular complexity index is 865. The molecule has 3 rings (SSSR count). The molecule has 0 unspecified atom stereocenters. The molecule has 1 aromatic heterocycles. The van der Waals surface area contributed by atoms with Crippen molar-refractivity contribution in [3.05, 3.63) is 47.3 Å². The van der Waals surface area contributed by atoms with Crippen molar-refractivity contribution in [1.82, 2.24) is 0 Å². The summed E-state index contributed by atoms with van der Waals surface area (Å²) in [7, 11) is 0. The van der Waals surface area contributed by atoms with Crippen LogP contribution in [0.3, 0.4) is 0 Å². The van der Waals surface area contributed by atoms with Gasteiger partial charge in [-0.25, -0.2) is 4.39 Å². The molecule has 0 fully saturated rings. The number of fused-ring (bicyclic) bond motifs is 3. The Hall–Kier alpha value is -2.85. The van der Waals surface area contributed by atoms with Crippen molar-refractivity contribution in [2.45, 2.75) is 0 Å². The molecule has 0 aliphatic heterocycles. The van der Waals surface area contributed by atoms with Gasteiger partial charge in [0, 0.05) is 10.8 Å². The number of rotatable bonds is 0. The molecule has 0 saturated heterocycles. The van der Waals surface area contributed by atoms with Crippen LogP contribution in [0.2, 0.25) is 0 Å². The summed E-state index contributed by atoms with van der Waals surface area (Å²) in [4.78, 5) is 0. The lowest BCUT2D eigenvalue weighted by atomic mass is 10.0. The van der Waals surface area contributed by atoms with Crippen LogP contribution in [0, 0.1) is 28.5 Å². The van der Waals surface area contributed by atoms with Gasteiger partial charge in [-0.15, -0.1) is 0 Å². The van der Waals surface area contributed by atoms with Gasteiger partial charge in [-0.1, -0.05) is 18.2 Å². The van der Waals surface area contributed by atoms with Crippen molar-refractivity contribution in [2.75, 3.05) is 0 Å². The molecule has 3 nitrogen and oxygen atoms in total. The number of para-hydroxylation sites is 1. The third-order valence-electron chi connectivity index (χ3n) is 2.83. The predicted octanol–water partition coefficient (Wildman–Crippen LogP) is 3.47. The maximum Gasteiger partial charge on any atom is 0.184 e. The van der Waals surface area contributed by atoms with Gasteiger partial charge >= 0.3 is 0 Å². The standard InChI is InChI=1S/C14H5FN2O/c15-13-9(7-17)5-8(6-16)12-10-3-1-2-4-11(10)18-14(12)13/h1-5H. The Morgan fingerprint density at radius 3 is 2.50 bits per heavy atom. The molecule has 0 radical (unpaired) electrons. The van der Waals surface area contributed by atoms with E-state index in [-0.39, 0.29) is 16.7 Å². The van der Waals surface area contributed by atoms with Crippen molar-refractivity contribution >= 4 is 21.9 Å². The summed E-state index contributed by atoms with van der Waals surface area (Å²) < 4.78 is 19.4. The zero-order valence-electron chi connectivity index (χ0n) is 9.07. The third kappa shape index (κ3) is 1.20. The van der Waals surface area contributed by atoms with E-state index in [4.69, 9.17) is 14.9 Å². The summed E-state index contributed by atoms with van der Waals surface area (Å²) in [5.41, 5.74) is 0.524. The lowest BCUT2D eigenvalue weighted by Crippen LogP contribution is -1.88. The Morgan fingerprint density at radius 1 is 1.06 bits per heavy atom. The maximum atomic E-state index is 14.0. The Kier molecular flexibility index (Phi) is 2.05. The van der Waals surface area contributed by atoms with E-state index in [1.54, 1.807) is 30.3 Å². The molecule has 0 spiro atoms. The third-order valence-corrected chi connectivity index (χ3v) is 2.83. The number of nitriles is 2. The molecule has 0 aliphatic rings. The van der Waals surface area contributed by atoms with Crippen LogP contribution in [0.15, 0.2) is 34.7 Å². The first-order chi connectivity index (χ1) is 8.76. The van der Waals surface area contributed by atoms with Crippen LogP contribution in [0.1, 0.15) is 11.1 Å². The van der Waals surface area contributed by atoms with E-state index in [2.05, 4.69) is 0 Å². The van der Waals surface area contributed by atoms with Gasteiger partial charge < -0.3 is 4.42 Å². The van der Waals surface area contributed by atoms with E-state index in [1.807, 2.05) is 6.07 Å². The zero-order chi connectivity index (χ0) is 12.7. The van der Waals surface area contributed by atoms with Gasteiger partial charge in [0.15, 0.2) is 11.4 Å². The van der Waals surface area contributed by atoms with Gasteiger partial charge in [0.05, 0.1) is 17.2 Å². The Morgan fingerprint density at radius 2 is 1.78 bits per heavy atom. The summed E-state index contributed by atoms with van der Waals surface area (Å²) in [5.74, 6) is -0.720. The molecule has 0 amide bonds. The van der Waals surface area contributed by atoms with Crippen LogP contribution in [0.5, 0.6) is 0 Å². The minimum absolute atomic E-state index is 0.0354. The SMILES string of the molecule is N#Cc1cc(C#N)c2c(oc3ccccc32)c1F. The van der Waals surface area contributed by atoms with Crippen molar-refractivity contribution in [1.29, 1.82) is 10.5 Å². The summed E-state index contributed by atoms with van der Waals surface area (Å²) in [6.07, 6.45) is 0. The van der Waals surface area contributed by atoms with E-state index in [0.29, 0.717) is 16.4 Å². The minimum Gasteiger partial charge on any atom is -0.453 e. The van der Waals surface area contributed by atoms with Gasteiger partial charge in [0.25, 0.3) is 0 Å². The molecule has 4 heteroatoms. The fourth-order valence-corrected chi connectivity index (χ4v) is 2.04. The van der Waals surface area contributed by atoms with E-state index >= 15 is 0 Å². The molecule has 0 saturated carbocycles. The average Bonchev–Trinajstić information content (AvgIpc) is 2.80. The summed E-state index contributed by atoms with van der Waals surface area (Å²) in [6, 6.07) is 11.9. The number of benzene rings is 2. The van der Waals surface area contributed by atoms with Gasteiger partial charge in [0.1, 0.15) is 11.7 Å². The molecular formula is C14H5FN2O. The van der Waals surface area contributed by atoms with E-state index in [9.17, 15) is 4.39 Å². The lowest BCUT2D eigenvalue weighted by molar-refractivity contribution is 0.581. The Balaban J connectivity index is 2.64. The molecule has 84 valence electrons. The number of nitrogens with zero attached hydrogens (tertiary/aromatic N) is 2. The lowest BCUT2D eigenvalue weighted by Gasteiger charge is -1.97. The van der Waals surface area contributed by atoms with Gasteiger partial charge in [0.2, 0.25) is 0 Å². The molecule has 0 N–H and O–H groups in total. The van der Waals surface area contributed by atoms with Crippen LogP contribution in [0.4, 0.5) is 4.39 Å². The summed E-state index contributed by atoms with van der Waals surface area (Å²) >= 11 is 0. The van der Waals surface area contributed by atoms with E-state index in [1.165, 1.54) is 6.07 Å². The molecule has 18 heavy (non-hydrogen) atoms. The summed E-state index contributed by atoms with van der Waals surface area (Å²) in [6.45, 7) is 0. The predicted molar refractivity (Wildman–Crippen MR) is 63.1 cm³/mol. The molecule has 0 bridgehead atoms. The second-order valence-electron chi connectivity index (χ2n) is 3.81. The van der Waals surface area contributed by atoms with E-state index in [0.717, 1.165) is 0 Å². The fraction of sp³-hybridized carbons (Fsp3) is 0. The first-order valence-electron chi connectivity index (χ1n) is 5.20. The first-order valence-corrected chi connectivity index (χ1v) is 5.20. The molecule has 3 aromatic rings. The van der Waals surface area contributed by atoms with Crippen LogP contribution in [-0.2, 0) is 0 Å². The molecule has 1 heterocycles. The van der Waals surface area contributed by atoms with Crippen molar-refractivity contribution < 1.29 is 8.81 Å². The van der Waals surface area contributed by atoms with Crippen molar-refractivity contribution in [2.24, 2.45) is 0 Å². The number of hydrogen-bond acceptors (Lipinski definition) is 3. The van der Waals surface area contributed by atoms with Crippen LogP contribution < -0.4 is 0 Å². The van der Waals surface area contributed by atoms with Gasteiger partial charge in [-0.2, -0.15) is 10.5 Å². The maximum absolute atomic E-state index is 14.0. The number of hydrogen-bond donors (Lipinski definition) is 0. The second-order valence-corrected chi connectivity index (χ2v) is 3.81. The Labute approximate surface area is 101 Å². The van der Waals surface area contributed by atoms with Crippen molar-refractivity contribution in [3.63, 3.8) is 0 Å². The molecule has 2 aromatic carbocycles. The highest BCUT2D eigenvalue weighted by Gasteiger charge is 2.18. The van der Waals surface area contributed by atoms with Crippen LogP contribution in [0.25, 0.3) is 21.9 Å². The topological polar surface area (TPSA) is 60.7 Å². The zero-order valence-corrected chi connectivity index (χ0v) is 9.07. The smallest absolute Gasteiger partial charge is 0.184 e. The molecular weight excluding hydrogens is 231 g/mol. The van der Waals surface area contributed by atoms with E-state index < -0.39 is 5.82 Å². The highest BCUT2D eigenvalue weighted by molar-refractivity contribution is 6.08. The highest BCUT2D eigenvalue weighted by Crippen LogP contribution is 2.34. The quantitative estimate of drug-likeness (QED) is 0.600. The average molecular weight is 236 g/mol. The fourth-order valence-electron chi connectivity index (χ4n) is 2.04. The molecule has 0 aliphatic carbocycles. The van der Waals surface area contributed by atoms with Gasteiger partial charge in [-0.05, 0) is 12.1 Å². The van der Waals surface area contributed by atoms with Gasteiger partial charge in [-0.3, -0.25) is 0 Å². The summed E-state index contributed by atoms with van der Waals surface area (Å²) in [5, 5.41) is 19.0. The van der Waals surface area contributed by atoms with Crippen LogP contribution in [-0.4, -0.2) is 0 Å².